The molecular formula is C30H32ClN7O2. The molecule has 1 fully saturated rings. The number of nitrogen functional groups attached to an aromatic ring is 1. The largest absolute Gasteiger partial charge is 0.494 e. The molecule has 5 aromatic rings. The molecule has 2 N–H and O–H groups in total. The molecule has 10 heteroatoms. The highest BCUT2D eigenvalue weighted by molar-refractivity contribution is 6.33. The van der Waals surface area contributed by atoms with Crippen molar-refractivity contribution in [3.63, 3.8) is 0 Å². The predicted octanol–water partition coefficient (Wildman–Crippen LogP) is 5.79. The number of hydrogen-bond acceptors (Lipinski definition) is 8. The topological polar surface area (TPSA) is 98.0 Å². The highest BCUT2D eigenvalue weighted by Crippen LogP contribution is 2.31. The second-order valence-corrected chi connectivity index (χ2v) is 10.4. The second-order valence-electron chi connectivity index (χ2n) is 9.96. The fourth-order valence-electron chi connectivity index (χ4n) is 4.97. The molecular weight excluding hydrogens is 526 g/mol. The van der Waals surface area contributed by atoms with Crippen molar-refractivity contribution in [2.45, 2.75) is 26.3 Å². The van der Waals surface area contributed by atoms with Gasteiger partial charge in [-0.2, -0.15) is 4.52 Å². The molecule has 1 aliphatic heterocycles. The molecule has 0 saturated carbocycles. The summed E-state index contributed by atoms with van der Waals surface area (Å²) >= 11 is 6.63. The molecule has 0 radical (unpaired) electrons. The minimum atomic E-state index is 0.276. The van der Waals surface area contributed by atoms with E-state index < -0.39 is 0 Å². The average Bonchev–Trinajstić information content (AvgIpc) is 3.65. The van der Waals surface area contributed by atoms with Crippen molar-refractivity contribution in [2.24, 2.45) is 0 Å². The summed E-state index contributed by atoms with van der Waals surface area (Å²) in [5.41, 5.74) is 10.9. The first-order chi connectivity index (χ1) is 19.6. The van der Waals surface area contributed by atoms with Crippen molar-refractivity contribution >= 4 is 28.9 Å². The predicted molar refractivity (Wildman–Crippen MR) is 158 cm³/mol. The summed E-state index contributed by atoms with van der Waals surface area (Å²) in [6.45, 7) is 7.44. The molecule has 0 atom stereocenters. The number of hydrogen-bond donors (Lipinski definition) is 1. The van der Waals surface area contributed by atoms with Crippen LogP contribution in [0.3, 0.4) is 0 Å². The molecule has 0 amide bonds. The Morgan fingerprint density at radius 2 is 1.88 bits per heavy atom. The summed E-state index contributed by atoms with van der Waals surface area (Å²) in [7, 11) is 0. The van der Waals surface area contributed by atoms with Gasteiger partial charge in [0, 0.05) is 50.4 Å². The van der Waals surface area contributed by atoms with Crippen LogP contribution in [0.4, 0.5) is 11.6 Å². The first-order valence-electron chi connectivity index (χ1n) is 13.6. The van der Waals surface area contributed by atoms with Gasteiger partial charge in [0.15, 0.2) is 11.4 Å². The SMILES string of the molecule is CCCCOc1ccc(N2CCN(Cc3cccc(-c4cc5nc(-c6ccco6)nn5c(N)n4)c3)CC2)c(Cl)c1. The average molecular weight is 558 g/mol. The van der Waals surface area contributed by atoms with Crippen LogP contribution in [-0.2, 0) is 6.54 Å². The van der Waals surface area contributed by atoms with Crippen LogP contribution in [0.5, 0.6) is 5.75 Å². The summed E-state index contributed by atoms with van der Waals surface area (Å²) in [6.07, 6.45) is 3.74. The van der Waals surface area contributed by atoms with Crippen LogP contribution >= 0.6 is 11.6 Å². The van der Waals surface area contributed by atoms with E-state index in [1.165, 1.54) is 10.1 Å². The Hall–Kier alpha value is -4.08. The molecule has 206 valence electrons. The third-order valence-electron chi connectivity index (χ3n) is 7.12. The number of fused-ring (bicyclic) bond motifs is 1. The number of rotatable bonds is 9. The maximum Gasteiger partial charge on any atom is 0.223 e. The Morgan fingerprint density at radius 3 is 2.65 bits per heavy atom. The van der Waals surface area contributed by atoms with Gasteiger partial charge in [0.05, 0.1) is 29.3 Å². The highest BCUT2D eigenvalue weighted by Gasteiger charge is 2.20. The Bertz CT molecular complexity index is 1590. The van der Waals surface area contributed by atoms with Crippen molar-refractivity contribution < 1.29 is 9.15 Å². The molecule has 9 nitrogen and oxygen atoms in total. The molecule has 0 spiro atoms. The smallest absolute Gasteiger partial charge is 0.223 e. The molecule has 0 aliphatic carbocycles. The van der Waals surface area contributed by atoms with E-state index in [4.69, 9.17) is 26.5 Å². The zero-order valence-electron chi connectivity index (χ0n) is 22.5. The molecule has 4 heterocycles. The first kappa shape index (κ1) is 26.2. The molecule has 6 rings (SSSR count). The quantitative estimate of drug-likeness (QED) is 0.227. The summed E-state index contributed by atoms with van der Waals surface area (Å²) in [5.74, 6) is 2.17. The maximum atomic E-state index is 6.63. The molecule has 1 saturated heterocycles. The van der Waals surface area contributed by atoms with E-state index in [1.807, 2.05) is 30.3 Å². The van der Waals surface area contributed by atoms with E-state index in [1.54, 1.807) is 12.3 Å². The van der Waals surface area contributed by atoms with Crippen LogP contribution in [0, 0.1) is 0 Å². The fourth-order valence-corrected chi connectivity index (χ4v) is 5.26. The Morgan fingerprint density at radius 1 is 1.00 bits per heavy atom. The van der Waals surface area contributed by atoms with Crippen LogP contribution in [0.25, 0.3) is 28.5 Å². The van der Waals surface area contributed by atoms with E-state index >= 15 is 0 Å². The standard InChI is InChI=1S/C30H32ClN7O2/c1-2-3-15-39-23-9-10-26(24(31)18-23)37-13-11-36(12-14-37)20-21-6-4-7-22(17-21)25-19-28-34-29(27-8-5-16-40-27)35-38(28)30(32)33-25/h4-10,16-19H,2-3,11-15,20H2,1H3,(H2,32,33). The van der Waals surface area contributed by atoms with Crippen molar-refractivity contribution in [1.29, 1.82) is 0 Å². The highest BCUT2D eigenvalue weighted by atomic mass is 35.5. The second kappa shape index (κ2) is 11.6. The number of benzene rings is 2. The van der Waals surface area contributed by atoms with Crippen LogP contribution in [-0.4, -0.2) is 57.3 Å². The zero-order valence-corrected chi connectivity index (χ0v) is 23.2. The van der Waals surface area contributed by atoms with E-state index in [0.29, 0.717) is 17.2 Å². The molecule has 40 heavy (non-hydrogen) atoms. The number of nitrogens with zero attached hydrogens (tertiary/aromatic N) is 6. The third-order valence-corrected chi connectivity index (χ3v) is 7.42. The Kier molecular flexibility index (Phi) is 7.57. The number of aromatic nitrogens is 4. The van der Waals surface area contributed by atoms with E-state index in [2.05, 4.69) is 56.1 Å². The number of anilines is 2. The van der Waals surface area contributed by atoms with E-state index in [9.17, 15) is 0 Å². The van der Waals surface area contributed by atoms with Crippen molar-refractivity contribution in [3.8, 4) is 28.6 Å². The normalized spacial score (nSPS) is 14.2. The fraction of sp³-hybridized carbons (Fsp3) is 0.300. The van der Waals surface area contributed by atoms with Crippen molar-refractivity contribution in [3.05, 3.63) is 77.5 Å². The van der Waals surface area contributed by atoms with Gasteiger partial charge in [-0.1, -0.05) is 43.1 Å². The van der Waals surface area contributed by atoms with Gasteiger partial charge in [0.25, 0.3) is 0 Å². The molecule has 0 bridgehead atoms. The number of nitrogens with two attached hydrogens (primary N) is 1. The maximum absolute atomic E-state index is 6.63. The number of piperazine rings is 1. The van der Waals surface area contributed by atoms with Gasteiger partial charge < -0.3 is 19.8 Å². The van der Waals surface area contributed by atoms with Gasteiger partial charge in [-0.25, -0.2) is 9.97 Å². The summed E-state index contributed by atoms with van der Waals surface area (Å²) in [6, 6.07) is 20.0. The summed E-state index contributed by atoms with van der Waals surface area (Å²) in [4.78, 5) is 14.0. The molecule has 0 unspecified atom stereocenters. The molecule has 1 aliphatic rings. The summed E-state index contributed by atoms with van der Waals surface area (Å²) < 4.78 is 12.8. The van der Waals surface area contributed by atoms with Crippen LogP contribution < -0.4 is 15.4 Å². The van der Waals surface area contributed by atoms with Crippen molar-refractivity contribution in [2.75, 3.05) is 43.4 Å². The van der Waals surface area contributed by atoms with Gasteiger partial charge in [-0.05, 0) is 42.3 Å². The van der Waals surface area contributed by atoms with Gasteiger partial charge in [0.1, 0.15) is 5.75 Å². The van der Waals surface area contributed by atoms with Crippen LogP contribution in [0.15, 0.2) is 71.3 Å². The lowest BCUT2D eigenvalue weighted by Gasteiger charge is -2.36. The third kappa shape index (κ3) is 5.61. The minimum Gasteiger partial charge on any atom is -0.494 e. The van der Waals surface area contributed by atoms with Gasteiger partial charge in [0.2, 0.25) is 11.8 Å². The van der Waals surface area contributed by atoms with Crippen LogP contribution in [0.2, 0.25) is 5.02 Å². The Balaban J connectivity index is 1.11. The van der Waals surface area contributed by atoms with E-state index in [0.717, 1.165) is 79.9 Å². The number of ether oxygens (including phenoxy) is 1. The van der Waals surface area contributed by atoms with Gasteiger partial charge >= 0.3 is 0 Å². The lowest BCUT2D eigenvalue weighted by molar-refractivity contribution is 0.250. The molecule has 2 aromatic carbocycles. The zero-order chi connectivity index (χ0) is 27.5. The Labute approximate surface area is 238 Å². The first-order valence-corrected chi connectivity index (χ1v) is 14.0. The lowest BCUT2D eigenvalue weighted by atomic mass is 10.1. The number of halogens is 1. The number of furan rings is 1. The van der Waals surface area contributed by atoms with E-state index in [-0.39, 0.29) is 5.95 Å². The van der Waals surface area contributed by atoms with Crippen LogP contribution in [0.1, 0.15) is 25.3 Å². The lowest BCUT2D eigenvalue weighted by Crippen LogP contribution is -2.46. The summed E-state index contributed by atoms with van der Waals surface area (Å²) in [5, 5.41) is 5.17. The number of unbranched alkanes of at least 4 members (excludes halogenated alkanes) is 1. The van der Waals surface area contributed by atoms with Gasteiger partial charge in [-0.15, -0.1) is 5.10 Å². The molecule has 3 aromatic heterocycles. The minimum absolute atomic E-state index is 0.276. The van der Waals surface area contributed by atoms with Crippen molar-refractivity contribution in [1.82, 2.24) is 24.5 Å². The van der Waals surface area contributed by atoms with Gasteiger partial charge in [-0.3, -0.25) is 4.90 Å². The monoisotopic (exact) mass is 557 g/mol.